The van der Waals surface area contributed by atoms with E-state index in [4.69, 9.17) is 0 Å². The summed E-state index contributed by atoms with van der Waals surface area (Å²) < 4.78 is 3.03. The first-order valence-electron chi connectivity index (χ1n) is 8.79. The minimum absolute atomic E-state index is 0.00996. The van der Waals surface area contributed by atoms with Crippen LogP contribution in [0.1, 0.15) is 35.1 Å². The molecule has 26 heavy (non-hydrogen) atoms. The van der Waals surface area contributed by atoms with Crippen LogP contribution in [0.25, 0.3) is 5.69 Å². The Balaban J connectivity index is 1.67. The van der Waals surface area contributed by atoms with Gasteiger partial charge < -0.3 is 9.88 Å². The highest BCUT2D eigenvalue weighted by molar-refractivity contribution is 5.92. The number of hydrogen-bond acceptors (Lipinski definition) is 3. The lowest BCUT2D eigenvalue weighted by Crippen LogP contribution is -2.40. The van der Waals surface area contributed by atoms with Crippen molar-refractivity contribution in [1.29, 1.82) is 0 Å². The van der Waals surface area contributed by atoms with Crippen molar-refractivity contribution in [2.24, 2.45) is 7.05 Å². The number of aryl methyl sites for hydroxylation is 1. The van der Waals surface area contributed by atoms with Crippen molar-refractivity contribution >= 4 is 5.91 Å². The van der Waals surface area contributed by atoms with Crippen LogP contribution in [-0.4, -0.2) is 43.2 Å². The fraction of sp³-hybridized carbons (Fsp3) is 0.316. The van der Waals surface area contributed by atoms with Gasteiger partial charge in [0.2, 0.25) is 0 Å². The molecule has 0 radical (unpaired) electrons. The van der Waals surface area contributed by atoms with E-state index in [-0.39, 0.29) is 17.5 Å². The van der Waals surface area contributed by atoms with Gasteiger partial charge >= 0.3 is 5.69 Å². The van der Waals surface area contributed by atoms with E-state index in [9.17, 15) is 9.59 Å². The number of aromatic nitrogens is 4. The largest absolute Gasteiger partial charge is 0.357 e. The molecule has 7 heteroatoms. The number of benzene rings is 1. The normalized spacial score (nSPS) is 17.4. The maximum absolute atomic E-state index is 12.7. The number of likely N-dealkylation sites (tertiary alicyclic amines) is 1. The van der Waals surface area contributed by atoms with E-state index in [0.717, 1.165) is 25.1 Å². The Labute approximate surface area is 150 Å². The van der Waals surface area contributed by atoms with Crippen molar-refractivity contribution in [3.05, 3.63) is 70.7 Å². The standard InChI is InChI=1S/C19H21N5O2/c1-22-19(26)24(15-8-3-2-4-9-15)17(21-22)14-7-6-12-23(13-14)18(25)16-10-5-11-20-16/h2-5,8-11,14,20H,6-7,12-13H2,1H3/t14-/m1/s1. The average molecular weight is 351 g/mol. The molecule has 0 bridgehead atoms. The Kier molecular flexibility index (Phi) is 4.20. The molecule has 4 rings (SSSR count). The number of aromatic amines is 1. The van der Waals surface area contributed by atoms with Crippen molar-refractivity contribution in [2.75, 3.05) is 13.1 Å². The summed E-state index contributed by atoms with van der Waals surface area (Å²) in [5, 5.41) is 4.49. The predicted molar refractivity (Wildman–Crippen MR) is 97.5 cm³/mol. The smallest absolute Gasteiger partial charge is 0.350 e. The number of nitrogens with zero attached hydrogens (tertiary/aromatic N) is 4. The van der Waals surface area contributed by atoms with Gasteiger partial charge in [0.15, 0.2) is 0 Å². The number of piperidine rings is 1. The number of nitrogens with one attached hydrogen (secondary N) is 1. The molecular weight excluding hydrogens is 330 g/mol. The highest BCUT2D eigenvalue weighted by Gasteiger charge is 2.30. The third kappa shape index (κ3) is 2.85. The predicted octanol–water partition coefficient (Wildman–Crippen LogP) is 1.92. The molecule has 1 amide bonds. The molecule has 0 unspecified atom stereocenters. The first-order chi connectivity index (χ1) is 12.6. The second-order valence-electron chi connectivity index (χ2n) is 6.61. The lowest BCUT2D eigenvalue weighted by molar-refractivity contribution is 0.0698. The van der Waals surface area contributed by atoms with Crippen LogP contribution < -0.4 is 5.69 Å². The first kappa shape index (κ1) is 16.4. The van der Waals surface area contributed by atoms with E-state index in [1.54, 1.807) is 23.9 Å². The van der Waals surface area contributed by atoms with Crippen LogP contribution in [0.3, 0.4) is 0 Å². The third-order valence-corrected chi connectivity index (χ3v) is 4.87. The van der Waals surface area contributed by atoms with Gasteiger partial charge in [0.05, 0.1) is 5.69 Å². The second kappa shape index (κ2) is 6.67. The van der Waals surface area contributed by atoms with Crippen LogP contribution in [0, 0.1) is 0 Å². The van der Waals surface area contributed by atoms with Crippen LogP contribution in [0.4, 0.5) is 0 Å². The number of amides is 1. The molecule has 1 atom stereocenters. The molecule has 1 aromatic carbocycles. The van der Waals surface area contributed by atoms with Crippen LogP contribution >= 0.6 is 0 Å². The van der Waals surface area contributed by atoms with E-state index in [0.29, 0.717) is 18.1 Å². The van der Waals surface area contributed by atoms with Gasteiger partial charge in [-0.25, -0.2) is 14.0 Å². The summed E-state index contributed by atoms with van der Waals surface area (Å²) in [7, 11) is 1.66. The fourth-order valence-electron chi connectivity index (χ4n) is 3.57. The van der Waals surface area contributed by atoms with Crippen LogP contribution in [0.15, 0.2) is 53.5 Å². The van der Waals surface area contributed by atoms with Gasteiger partial charge in [-0.05, 0) is 37.1 Å². The van der Waals surface area contributed by atoms with Crippen molar-refractivity contribution in [3.8, 4) is 5.69 Å². The van der Waals surface area contributed by atoms with Gasteiger partial charge in [0, 0.05) is 32.3 Å². The Morgan fingerprint density at radius 1 is 1.19 bits per heavy atom. The van der Waals surface area contributed by atoms with E-state index in [1.165, 1.54) is 4.68 Å². The monoisotopic (exact) mass is 351 g/mol. The molecule has 1 saturated heterocycles. The highest BCUT2D eigenvalue weighted by Crippen LogP contribution is 2.27. The molecule has 1 aliphatic rings. The van der Waals surface area contributed by atoms with Crippen molar-refractivity contribution in [2.45, 2.75) is 18.8 Å². The molecular formula is C19H21N5O2. The molecule has 0 aliphatic carbocycles. The number of H-pyrrole nitrogens is 1. The molecule has 1 fully saturated rings. The van der Waals surface area contributed by atoms with Crippen molar-refractivity contribution < 1.29 is 4.79 Å². The van der Waals surface area contributed by atoms with E-state index in [1.807, 2.05) is 41.3 Å². The molecule has 0 spiro atoms. The Morgan fingerprint density at radius 3 is 2.73 bits per heavy atom. The number of para-hydroxylation sites is 1. The molecule has 3 aromatic rings. The lowest BCUT2D eigenvalue weighted by Gasteiger charge is -2.32. The summed E-state index contributed by atoms with van der Waals surface area (Å²) in [6.07, 6.45) is 3.54. The molecule has 2 aromatic heterocycles. The van der Waals surface area contributed by atoms with Crippen molar-refractivity contribution in [1.82, 2.24) is 24.2 Å². The number of rotatable bonds is 3. The summed E-state index contributed by atoms with van der Waals surface area (Å²) in [5.74, 6) is 0.730. The molecule has 1 N–H and O–H groups in total. The summed E-state index contributed by atoms with van der Waals surface area (Å²) in [5.41, 5.74) is 1.22. The minimum atomic E-state index is -0.168. The molecule has 0 saturated carbocycles. The summed E-state index contributed by atoms with van der Waals surface area (Å²) in [6.45, 7) is 1.28. The molecule has 3 heterocycles. The SMILES string of the molecule is Cn1nc([C@@H]2CCCN(C(=O)c3ccc[nH]3)C2)n(-c2ccccc2)c1=O. The second-order valence-corrected chi connectivity index (χ2v) is 6.61. The highest BCUT2D eigenvalue weighted by atomic mass is 16.2. The first-order valence-corrected chi connectivity index (χ1v) is 8.79. The zero-order valence-electron chi connectivity index (χ0n) is 14.6. The number of hydrogen-bond donors (Lipinski definition) is 1. The van der Waals surface area contributed by atoms with Gasteiger partial charge in [0.25, 0.3) is 5.91 Å². The molecule has 1 aliphatic heterocycles. The zero-order chi connectivity index (χ0) is 18.1. The summed E-state index contributed by atoms with van der Waals surface area (Å²) in [6, 6.07) is 13.1. The Morgan fingerprint density at radius 2 is 2.00 bits per heavy atom. The summed E-state index contributed by atoms with van der Waals surface area (Å²) in [4.78, 5) is 30.1. The van der Waals surface area contributed by atoms with Crippen LogP contribution in [0.5, 0.6) is 0 Å². The zero-order valence-corrected chi connectivity index (χ0v) is 14.6. The van der Waals surface area contributed by atoms with E-state index < -0.39 is 0 Å². The van der Waals surface area contributed by atoms with Gasteiger partial charge in [0.1, 0.15) is 11.5 Å². The van der Waals surface area contributed by atoms with Gasteiger partial charge in [-0.15, -0.1) is 0 Å². The van der Waals surface area contributed by atoms with Crippen LogP contribution in [0.2, 0.25) is 0 Å². The molecule has 134 valence electrons. The average Bonchev–Trinajstić information content (AvgIpc) is 3.31. The van der Waals surface area contributed by atoms with Crippen LogP contribution in [-0.2, 0) is 7.05 Å². The number of carbonyl (C=O) groups excluding carboxylic acids is 1. The van der Waals surface area contributed by atoms with Gasteiger partial charge in [-0.1, -0.05) is 18.2 Å². The summed E-state index contributed by atoms with van der Waals surface area (Å²) >= 11 is 0. The third-order valence-electron chi connectivity index (χ3n) is 4.87. The number of carbonyl (C=O) groups is 1. The molecule has 7 nitrogen and oxygen atoms in total. The maximum Gasteiger partial charge on any atom is 0.350 e. The van der Waals surface area contributed by atoms with Gasteiger partial charge in [-0.3, -0.25) is 4.79 Å². The quantitative estimate of drug-likeness (QED) is 0.783. The van der Waals surface area contributed by atoms with Crippen molar-refractivity contribution in [3.63, 3.8) is 0 Å². The fourth-order valence-corrected chi connectivity index (χ4v) is 3.57. The minimum Gasteiger partial charge on any atom is -0.357 e. The Bertz CT molecular complexity index is 956. The van der Waals surface area contributed by atoms with E-state index >= 15 is 0 Å². The Hall–Kier alpha value is -3.09. The topological polar surface area (TPSA) is 75.9 Å². The lowest BCUT2D eigenvalue weighted by atomic mass is 9.96. The van der Waals surface area contributed by atoms with Gasteiger partial charge in [-0.2, -0.15) is 5.10 Å². The van der Waals surface area contributed by atoms with E-state index in [2.05, 4.69) is 10.1 Å². The maximum atomic E-state index is 12.7.